The fourth-order valence-electron chi connectivity index (χ4n) is 1.01. The molecule has 0 spiro atoms. The number of nitrogens with two attached hydrogens (primary N) is 1. The first-order valence-corrected chi connectivity index (χ1v) is 5.00. The highest BCUT2D eigenvalue weighted by molar-refractivity contribution is 7.89. The average molecular weight is 220 g/mol. The molecule has 0 unspecified atom stereocenters. The predicted octanol–water partition coefficient (Wildman–Crippen LogP) is -0.716. The maximum atomic E-state index is 11.0. The molecule has 0 aliphatic heterocycles. The van der Waals surface area contributed by atoms with Crippen LogP contribution in [0.15, 0.2) is 5.03 Å². The monoisotopic (exact) mass is 220 g/mol. The van der Waals surface area contributed by atoms with Crippen molar-refractivity contribution in [3.8, 4) is 0 Å². The Bertz CT molecular complexity index is 488. The van der Waals surface area contributed by atoms with Crippen molar-refractivity contribution < 1.29 is 13.3 Å². The van der Waals surface area contributed by atoms with Crippen LogP contribution in [0.3, 0.4) is 0 Å². The summed E-state index contributed by atoms with van der Waals surface area (Å²) in [6.45, 7) is 1.45. The third-order valence-corrected chi connectivity index (χ3v) is 2.69. The standard InChI is InChI=1S/C5H8N4O4S/c1-3-7-4(9(10)11)5(8(3)2)14(6,12)13/h1-2H3,(H2,6,12,13). The topological polar surface area (TPSA) is 121 Å². The minimum Gasteiger partial charge on any atom is -0.358 e. The number of aryl methyl sites for hydroxylation is 1. The van der Waals surface area contributed by atoms with Gasteiger partial charge in [0.15, 0.2) is 0 Å². The van der Waals surface area contributed by atoms with Gasteiger partial charge in [-0.1, -0.05) is 0 Å². The highest BCUT2D eigenvalue weighted by atomic mass is 32.2. The van der Waals surface area contributed by atoms with Crippen LogP contribution in [0, 0.1) is 17.0 Å². The van der Waals surface area contributed by atoms with Crippen LogP contribution in [-0.2, 0) is 17.1 Å². The van der Waals surface area contributed by atoms with E-state index >= 15 is 0 Å². The summed E-state index contributed by atoms with van der Waals surface area (Å²) in [4.78, 5) is 13.0. The van der Waals surface area contributed by atoms with Crippen LogP contribution in [0.1, 0.15) is 5.82 Å². The lowest BCUT2D eigenvalue weighted by molar-refractivity contribution is -0.392. The van der Waals surface area contributed by atoms with Gasteiger partial charge in [0.2, 0.25) is 5.82 Å². The third kappa shape index (κ3) is 1.59. The van der Waals surface area contributed by atoms with Crippen molar-refractivity contribution in [1.29, 1.82) is 0 Å². The van der Waals surface area contributed by atoms with Gasteiger partial charge in [0.05, 0.1) is 0 Å². The molecule has 1 heterocycles. The molecule has 78 valence electrons. The Morgan fingerprint density at radius 1 is 1.57 bits per heavy atom. The lowest BCUT2D eigenvalue weighted by atomic mass is 10.7. The van der Waals surface area contributed by atoms with Crippen molar-refractivity contribution in [3.05, 3.63) is 15.9 Å². The maximum Gasteiger partial charge on any atom is 0.402 e. The zero-order valence-corrected chi connectivity index (χ0v) is 8.28. The molecule has 0 radical (unpaired) electrons. The molecule has 9 heteroatoms. The highest BCUT2D eigenvalue weighted by Crippen LogP contribution is 2.21. The summed E-state index contributed by atoms with van der Waals surface area (Å²) in [5.74, 6) is -0.534. The number of nitro groups is 1. The third-order valence-electron chi connectivity index (χ3n) is 1.69. The second kappa shape index (κ2) is 3.03. The molecule has 0 atom stereocenters. The molecule has 1 rings (SSSR count). The molecule has 0 saturated heterocycles. The Balaban J connectivity index is 3.63. The molecule has 0 saturated carbocycles. The van der Waals surface area contributed by atoms with Gasteiger partial charge in [0.1, 0.15) is 0 Å². The van der Waals surface area contributed by atoms with Crippen LogP contribution in [0.5, 0.6) is 0 Å². The summed E-state index contributed by atoms with van der Waals surface area (Å²) < 4.78 is 23.1. The molecule has 0 bridgehead atoms. The normalized spacial score (nSPS) is 11.6. The molecular weight excluding hydrogens is 212 g/mol. The van der Waals surface area contributed by atoms with Gasteiger partial charge in [-0.15, -0.1) is 0 Å². The largest absolute Gasteiger partial charge is 0.402 e. The Morgan fingerprint density at radius 2 is 2.07 bits per heavy atom. The van der Waals surface area contributed by atoms with Crippen molar-refractivity contribution in [2.45, 2.75) is 11.9 Å². The van der Waals surface area contributed by atoms with E-state index in [1.165, 1.54) is 14.0 Å². The van der Waals surface area contributed by atoms with Gasteiger partial charge < -0.3 is 10.1 Å². The summed E-state index contributed by atoms with van der Waals surface area (Å²) in [6.07, 6.45) is 0. The van der Waals surface area contributed by atoms with E-state index in [0.29, 0.717) is 0 Å². The van der Waals surface area contributed by atoms with Crippen molar-refractivity contribution >= 4 is 15.8 Å². The number of rotatable bonds is 2. The quantitative estimate of drug-likeness (QED) is 0.520. The van der Waals surface area contributed by atoms with Gasteiger partial charge in [-0.25, -0.2) is 13.6 Å². The van der Waals surface area contributed by atoms with Crippen molar-refractivity contribution in [1.82, 2.24) is 9.55 Å². The van der Waals surface area contributed by atoms with Crippen LogP contribution in [0.4, 0.5) is 5.82 Å². The Hall–Kier alpha value is -1.48. The Labute approximate surface area is 79.6 Å². The van der Waals surface area contributed by atoms with Gasteiger partial charge in [-0.3, -0.25) is 4.57 Å². The van der Waals surface area contributed by atoms with Gasteiger partial charge in [0.25, 0.3) is 15.0 Å². The van der Waals surface area contributed by atoms with Crippen molar-refractivity contribution in [3.63, 3.8) is 0 Å². The van der Waals surface area contributed by atoms with Crippen molar-refractivity contribution in [2.75, 3.05) is 0 Å². The fourth-order valence-corrected chi connectivity index (χ4v) is 1.90. The highest BCUT2D eigenvalue weighted by Gasteiger charge is 2.31. The van der Waals surface area contributed by atoms with Crippen LogP contribution in [0.25, 0.3) is 0 Å². The number of hydrogen-bond acceptors (Lipinski definition) is 5. The van der Waals surface area contributed by atoms with E-state index in [1.807, 2.05) is 0 Å². The van der Waals surface area contributed by atoms with E-state index in [-0.39, 0.29) is 5.82 Å². The van der Waals surface area contributed by atoms with Crippen LogP contribution < -0.4 is 5.14 Å². The lowest BCUT2D eigenvalue weighted by Gasteiger charge is -1.98. The lowest BCUT2D eigenvalue weighted by Crippen LogP contribution is -2.17. The first kappa shape index (κ1) is 10.6. The van der Waals surface area contributed by atoms with E-state index in [4.69, 9.17) is 5.14 Å². The Morgan fingerprint density at radius 3 is 2.36 bits per heavy atom. The second-order valence-electron chi connectivity index (χ2n) is 2.65. The summed E-state index contributed by atoms with van der Waals surface area (Å²) in [5.41, 5.74) is 0. The van der Waals surface area contributed by atoms with Gasteiger partial charge >= 0.3 is 5.82 Å². The zero-order valence-electron chi connectivity index (χ0n) is 7.46. The fraction of sp³-hybridized carbons (Fsp3) is 0.400. The average Bonchev–Trinajstić information content (AvgIpc) is 2.27. The zero-order chi connectivity index (χ0) is 11.1. The number of primary sulfonamides is 1. The summed E-state index contributed by atoms with van der Waals surface area (Å²) >= 11 is 0. The molecule has 14 heavy (non-hydrogen) atoms. The minimum absolute atomic E-state index is 0.209. The van der Waals surface area contributed by atoms with Crippen molar-refractivity contribution in [2.24, 2.45) is 12.2 Å². The second-order valence-corrected chi connectivity index (χ2v) is 4.13. The van der Waals surface area contributed by atoms with E-state index in [0.717, 1.165) is 4.57 Å². The maximum absolute atomic E-state index is 11.0. The number of sulfonamides is 1. The SMILES string of the molecule is Cc1nc([N+](=O)[O-])c(S(N)(=O)=O)n1C. The Kier molecular flexibility index (Phi) is 2.29. The number of imidazole rings is 1. The summed E-state index contributed by atoms with van der Waals surface area (Å²) in [6, 6.07) is 0. The van der Waals surface area contributed by atoms with Crippen LogP contribution in [-0.4, -0.2) is 22.9 Å². The van der Waals surface area contributed by atoms with E-state index in [2.05, 4.69) is 4.98 Å². The van der Waals surface area contributed by atoms with E-state index in [9.17, 15) is 18.5 Å². The molecule has 1 aromatic rings. The van der Waals surface area contributed by atoms with E-state index in [1.54, 1.807) is 0 Å². The molecule has 1 aromatic heterocycles. The van der Waals surface area contributed by atoms with Gasteiger partial charge in [-0.05, 0) is 9.91 Å². The molecule has 0 aromatic carbocycles. The molecular formula is C5H8N4O4S. The minimum atomic E-state index is -4.13. The number of aromatic nitrogens is 2. The first-order chi connectivity index (χ1) is 6.25. The molecule has 0 amide bonds. The smallest absolute Gasteiger partial charge is 0.358 e. The first-order valence-electron chi connectivity index (χ1n) is 3.45. The predicted molar refractivity (Wildman–Crippen MR) is 46.0 cm³/mol. The number of nitrogens with zero attached hydrogens (tertiary/aromatic N) is 3. The summed E-state index contributed by atoms with van der Waals surface area (Å²) in [5, 5.41) is 14.7. The van der Waals surface area contributed by atoms with E-state index < -0.39 is 25.8 Å². The molecule has 0 aliphatic rings. The van der Waals surface area contributed by atoms with Gasteiger partial charge in [0, 0.05) is 14.0 Å². The molecule has 0 aliphatic carbocycles. The van der Waals surface area contributed by atoms with Crippen LogP contribution >= 0.6 is 0 Å². The van der Waals surface area contributed by atoms with Gasteiger partial charge in [-0.2, -0.15) is 0 Å². The summed E-state index contributed by atoms with van der Waals surface area (Å²) in [7, 11) is -2.79. The van der Waals surface area contributed by atoms with Crippen LogP contribution in [0.2, 0.25) is 0 Å². The molecule has 0 fully saturated rings. The molecule has 8 nitrogen and oxygen atoms in total. The molecule has 2 N–H and O–H groups in total. The number of hydrogen-bond donors (Lipinski definition) is 1.